The molecular formula is C27H33AlN2. The van der Waals surface area contributed by atoms with Crippen LogP contribution in [0.3, 0.4) is 0 Å². The Bertz CT molecular complexity index is 943. The van der Waals surface area contributed by atoms with Gasteiger partial charge < -0.3 is 4.30 Å². The number of rotatable bonds is 9. The van der Waals surface area contributed by atoms with Crippen LogP contribution in [-0.2, 0) is 6.42 Å². The Balaban J connectivity index is 1.64. The second kappa shape index (κ2) is 11.2. The molecule has 154 valence electrons. The summed E-state index contributed by atoms with van der Waals surface area (Å²) in [6.07, 6.45) is 3.12. The molecule has 1 N–H and O–H groups in total. The van der Waals surface area contributed by atoms with Crippen molar-refractivity contribution in [2.24, 2.45) is 4.99 Å². The molecule has 3 aromatic rings. The molecule has 0 heterocycles. The summed E-state index contributed by atoms with van der Waals surface area (Å²) in [4.78, 5) is 4.73. The Morgan fingerprint density at radius 1 is 0.933 bits per heavy atom. The van der Waals surface area contributed by atoms with Crippen molar-refractivity contribution in [1.82, 2.24) is 0 Å². The number of nitrogens with zero attached hydrogens (tertiary/aromatic N) is 1. The fraction of sp³-hybridized carbons (Fsp3) is 0.296. The first-order valence-corrected chi connectivity index (χ1v) is 13.3. The molecule has 0 aliphatic rings. The van der Waals surface area contributed by atoms with Gasteiger partial charge in [0.15, 0.2) is 0 Å². The third kappa shape index (κ3) is 6.59. The number of nitrogens with one attached hydrogen (secondary N) is 1. The molecule has 0 aliphatic carbocycles. The summed E-state index contributed by atoms with van der Waals surface area (Å²) in [6.45, 7) is 8.88. The van der Waals surface area contributed by atoms with Gasteiger partial charge in [0.25, 0.3) is 0 Å². The average molecular weight is 413 g/mol. The average Bonchev–Trinajstić information content (AvgIpc) is 2.77. The zero-order valence-electron chi connectivity index (χ0n) is 18.7. The Kier molecular flexibility index (Phi) is 8.32. The van der Waals surface area contributed by atoms with Crippen molar-refractivity contribution in [1.29, 1.82) is 0 Å². The fourth-order valence-corrected chi connectivity index (χ4v) is 5.65. The van der Waals surface area contributed by atoms with E-state index in [1.54, 1.807) is 0 Å². The van der Waals surface area contributed by atoms with Crippen molar-refractivity contribution in [3.8, 4) is 0 Å². The van der Waals surface area contributed by atoms with Gasteiger partial charge >= 0.3 is 14.4 Å². The minimum absolute atomic E-state index is 0.549. The normalized spacial score (nSPS) is 11.2. The predicted molar refractivity (Wildman–Crippen MR) is 134 cm³/mol. The SMILES string of the molecule is C[CH2][Al]([CH2]Cc1ccccc1C=Nc1ccc(C(C)C)cc1)[NH]c1ccc(C)cc1. The van der Waals surface area contributed by atoms with E-state index in [0.717, 1.165) is 12.1 Å². The van der Waals surface area contributed by atoms with Crippen molar-refractivity contribution in [3.63, 3.8) is 0 Å². The zero-order valence-corrected chi connectivity index (χ0v) is 19.9. The number of hydrogen-bond acceptors (Lipinski definition) is 2. The van der Waals surface area contributed by atoms with E-state index in [4.69, 9.17) is 4.99 Å². The van der Waals surface area contributed by atoms with Gasteiger partial charge in [0.1, 0.15) is 0 Å². The molecule has 0 aliphatic heterocycles. The summed E-state index contributed by atoms with van der Waals surface area (Å²) in [7, 11) is 0. The second-order valence-corrected chi connectivity index (χ2v) is 11.4. The molecule has 0 spiro atoms. The van der Waals surface area contributed by atoms with E-state index < -0.39 is 14.4 Å². The molecular weight excluding hydrogens is 379 g/mol. The molecule has 2 nitrogen and oxygen atoms in total. The summed E-state index contributed by atoms with van der Waals surface area (Å²) >= 11 is -1.04. The van der Waals surface area contributed by atoms with E-state index in [2.05, 4.69) is 105 Å². The molecule has 0 bridgehead atoms. The van der Waals surface area contributed by atoms with Crippen LogP contribution in [0.1, 0.15) is 48.9 Å². The molecule has 0 unspecified atom stereocenters. The zero-order chi connectivity index (χ0) is 21.3. The maximum absolute atomic E-state index is 4.73. The van der Waals surface area contributed by atoms with E-state index in [-0.39, 0.29) is 0 Å². The van der Waals surface area contributed by atoms with Crippen LogP contribution in [0, 0.1) is 6.92 Å². The number of benzene rings is 3. The highest BCUT2D eigenvalue weighted by atomic mass is 27.2. The van der Waals surface area contributed by atoms with Gasteiger partial charge in [-0.2, -0.15) is 0 Å². The van der Waals surface area contributed by atoms with E-state index in [9.17, 15) is 0 Å². The molecule has 3 aromatic carbocycles. The van der Waals surface area contributed by atoms with Crippen molar-refractivity contribution in [2.45, 2.75) is 50.6 Å². The highest BCUT2D eigenvalue weighted by Gasteiger charge is 2.17. The summed E-state index contributed by atoms with van der Waals surface area (Å²) in [5, 5.41) is 2.48. The molecule has 0 saturated carbocycles. The van der Waals surface area contributed by atoms with E-state index in [1.165, 1.54) is 38.5 Å². The molecule has 0 aromatic heterocycles. The number of aryl methyl sites for hydroxylation is 2. The lowest BCUT2D eigenvalue weighted by Crippen LogP contribution is -2.24. The lowest BCUT2D eigenvalue weighted by Gasteiger charge is -2.14. The lowest BCUT2D eigenvalue weighted by atomic mass is 10.0. The monoisotopic (exact) mass is 412 g/mol. The second-order valence-electron chi connectivity index (χ2n) is 8.36. The minimum Gasteiger partial charge on any atom is -0.476 e. The predicted octanol–water partition coefficient (Wildman–Crippen LogP) is 7.54. The standard InChI is InChI=1S/C18H20N.C7H8N.C2H5.Al/c1-4-15-7-5-6-8-17(15)13-19-18-11-9-16(10-12-18)14(2)3;1-6-2-4-7(8)5-3-6;1-2;/h5-14H,1,4H2,2-3H3;2-5,8H,1H3;1H2,2H3;/q;-1;;+1. The van der Waals surface area contributed by atoms with Gasteiger partial charge in [-0.15, -0.1) is 0 Å². The smallest absolute Gasteiger partial charge is 0.411 e. The number of hydrogen-bond donors (Lipinski definition) is 1. The van der Waals surface area contributed by atoms with Crippen LogP contribution in [0.4, 0.5) is 11.4 Å². The summed E-state index contributed by atoms with van der Waals surface area (Å²) in [5.41, 5.74) is 7.55. The number of aliphatic imine (C=N–C) groups is 1. The van der Waals surface area contributed by atoms with E-state index in [1.807, 2.05) is 6.21 Å². The Morgan fingerprint density at radius 2 is 1.63 bits per heavy atom. The van der Waals surface area contributed by atoms with Crippen molar-refractivity contribution >= 4 is 32.0 Å². The first-order valence-electron chi connectivity index (χ1n) is 11.1. The molecule has 0 atom stereocenters. The summed E-state index contributed by atoms with van der Waals surface area (Å²) < 4.78 is 3.82. The Labute approximate surface area is 186 Å². The first kappa shape index (κ1) is 22.3. The first-order chi connectivity index (χ1) is 14.5. The van der Waals surface area contributed by atoms with E-state index >= 15 is 0 Å². The van der Waals surface area contributed by atoms with Gasteiger partial charge in [-0.25, -0.2) is 0 Å². The van der Waals surface area contributed by atoms with Crippen LogP contribution in [0.2, 0.25) is 10.6 Å². The van der Waals surface area contributed by atoms with Crippen LogP contribution in [0.15, 0.2) is 77.8 Å². The quantitative estimate of drug-likeness (QED) is 0.285. The largest absolute Gasteiger partial charge is 0.476 e. The number of anilines is 1. The van der Waals surface area contributed by atoms with Crippen LogP contribution < -0.4 is 4.30 Å². The molecule has 30 heavy (non-hydrogen) atoms. The van der Waals surface area contributed by atoms with Crippen LogP contribution >= 0.6 is 0 Å². The van der Waals surface area contributed by atoms with Crippen molar-refractivity contribution in [3.05, 3.63) is 95.1 Å². The van der Waals surface area contributed by atoms with Crippen LogP contribution in [0.5, 0.6) is 0 Å². The van der Waals surface area contributed by atoms with Gasteiger partial charge in [0, 0.05) is 11.9 Å². The molecule has 0 amide bonds. The molecule has 0 radical (unpaired) electrons. The summed E-state index contributed by atoms with van der Waals surface area (Å²) in [6, 6.07) is 26.0. The topological polar surface area (TPSA) is 24.4 Å². The molecule has 3 rings (SSSR count). The van der Waals surface area contributed by atoms with Gasteiger partial charge in [0.05, 0.1) is 5.69 Å². The van der Waals surface area contributed by atoms with Crippen LogP contribution in [0.25, 0.3) is 0 Å². The maximum Gasteiger partial charge on any atom is 0.411 e. The Hall–Kier alpha value is -2.34. The van der Waals surface area contributed by atoms with Gasteiger partial charge in [0.2, 0.25) is 0 Å². The maximum atomic E-state index is 4.73. The third-order valence-corrected chi connectivity index (χ3v) is 8.36. The van der Waals surface area contributed by atoms with Gasteiger partial charge in [-0.05, 0) is 60.2 Å². The van der Waals surface area contributed by atoms with Crippen molar-refractivity contribution < 1.29 is 0 Å². The van der Waals surface area contributed by atoms with E-state index in [0.29, 0.717) is 5.92 Å². The molecule has 0 fully saturated rings. The van der Waals surface area contributed by atoms with Crippen molar-refractivity contribution in [2.75, 3.05) is 4.30 Å². The molecule has 3 heteroatoms. The highest BCUT2D eigenvalue weighted by Crippen LogP contribution is 2.20. The molecule has 0 saturated heterocycles. The summed E-state index contributed by atoms with van der Waals surface area (Å²) in [5.74, 6) is 0.549. The lowest BCUT2D eigenvalue weighted by molar-refractivity contribution is 0.867. The van der Waals surface area contributed by atoms with Gasteiger partial charge in [-0.1, -0.05) is 85.4 Å². The van der Waals surface area contributed by atoms with Gasteiger partial charge in [-0.3, -0.25) is 4.99 Å². The minimum atomic E-state index is -1.04. The Morgan fingerprint density at radius 3 is 2.30 bits per heavy atom. The van der Waals surface area contributed by atoms with Crippen LogP contribution in [-0.4, -0.2) is 20.6 Å². The third-order valence-electron chi connectivity index (χ3n) is 5.64. The fourth-order valence-electron chi connectivity index (χ4n) is 3.57. The highest BCUT2D eigenvalue weighted by molar-refractivity contribution is 6.62.